The number of ether oxygens (including phenoxy) is 1. The van der Waals surface area contributed by atoms with Gasteiger partial charge >= 0.3 is 0 Å². The Bertz CT molecular complexity index is 766. The van der Waals surface area contributed by atoms with Crippen molar-refractivity contribution in [1.29, 1.82) is 0 Å². The molecule has 0 unspecified atom stereocenters. The van der Waals surface area contributed by atoms with Crippen LogP contribution in [0.25, 0.3) is 6.08 Å². The minimum absolute atomic E-state index is 0.0585. The van der Waals surface area contributed by atoms with E-state index in [0.717, 1.165) is 49.1 Å². The molecule has 1 amide bonds. The van der Waals surface area contributed by atoms with E-state index < -0.39 is 0 Å². The molecule has 1 aliphatic rings. The number of carbonyl (C=O) groups excluding carboxylic acids is 1. The van der Waals surface area contributed by atoms with Gasteiger partial charge in [0, 0.05) is 43.8 Å². The number of amides is 1. The van der Waals surface area contributed by atoms with Crippen LogP contribution in [0.5, 0.6) is 5.75 Å². The van der Waals surface area contributed by atoms with Crippen molar-refractivity contribution in [2.45, 2.75) is 6.54 Å². The molecule has 0 saturated carbocycles. The molecule has 0 radical (unpaired) electrons. The second-order valence-corrected chi connectivity index (χ2v) is 6.77. The van der Waals surface area contributed by atoms with Crippen molar-refractivity contribution in [2.75, 3.05) is 33.3 Å². The largest absolute Gasteiger partial charge is 0.497 e. The Morgan fingerprint density at radius 1 is 1.12 bits per heavy atom. The first-order chi connectivity index (χ1) is 12.6. The third-order valence-corrected chi connectivity index (χ3v) is 4.75. The maximum absolute atomic E-state index is 12.4. The zero-order chi connectivity index (χ0) is 18.4. The van der Waals surface area contributed by atoms with Crippen LogP contribution in [0.15, 0.2) is 54.6 Å². The van der Waals surface area contributed by atoms with Crippen LogP contribution in [0.1, 0.15) is 11.1 Å². The Kier molecular flexibility index (Phi) is 6.31. The maximum atomic E-state index is 12.4. The summed E-state index contributed by atoms with van der Waals surface area (Å²) >= 11 is 6.04. The standard InChI is InChI=1S/C21H23ClN2O2/c1-26-20-8-5-17(6-9-20)7-10-21(25)24-13-11-23(12-14-24)16-18-3-2-4-19(22)15-18/h2-10,15H,11-14,16H2,1H3/b10-7+. The van der Waals surface area contributed by atoms with Crippen molar-refractivity contribution in [3.05, 3.63) is 70.8 Å². The second-order valence-electron chi connectivity index (χ2n) is 6.34. The van der Waals surface area contributed by atoms with E-state index in [1.54, 1.807) is 13.2 Å². The fourth-order valence-electron chi connectivity index (χ4n) is 3.01. The monoisotopic (exact) mass is 370 g/mol. The number of nitrogens with zero attached hydrogens (tertiary/aromatic N) is 2. The van der Waals surface area contributed by atoms with Crippen molar-refractivity contribution in [3.8, 4) is 5.75 Å². The number of rotatable bonds is 5. The average Bonchev–Trinajstić information content (AvgIpc) is 2.67. The van der Waals surface area contributed by atoms with Gasteiger partial charge in [0.15, 0.2) is 0 Å². The van der Waals surface area contributed by atoms with Gasteiger partial charge < -0.3 is 9.64 Å². The van der Waals surface area contributed by atoms with Crippen LogP contribution in [0, 0.1) is 0 Å². The maximum Gasteiger partial charge on any atom is 0.246 e. The predicted octanol–water partition coefficient (Wildman–Crippen LogP) is 3.71. The number of hydrogen-bond acceptors (Lipinski definition) is 3. The Balaban J connectivity index is 1.49. The highest BCUT2D eigenvalue weighted by atomic mass is 35.5. The molecule has 136 valence electrons. The van der Waals surface area contributed by atoms with E-state index in [4.69, 9.17) is 16.3 Å². The van der Waals surface area contributed by atoms with Crippen molar-refractivity contribution in [1.82, 2.24) is 9.80 Å². The molecule has 0 aliphatic carbocycles. The van der Waals surface area contributed by atoms with Crippen LogP contribution < -0.4 is 4.74 Å². The normalized spacial score (nSPS) is 15.4. The van der Waals surface area contributed by atoms with Gasteiger partial charge in [0.1, 0.15) is 5.75 Å². The van der Waals surface area contributed by atoms with E-state index in [2.05, 4.69) is 11.0 Å². The summed E-state index contributed by atoms with van der Waals surface area (Å²) in [5.41, 5.74) is 2.19. The summed E-state index contributed by atoms with van der Waals surface area (Å²) in [7, 11) is 1.64. The summed E-state index contributed by atoms with van der Waals surface area (Å²) in [6, 6.07) is 15.6. The summed E-state index contributed by atoms with van der Waals surface area (Å²) in [4.78, 5) is 16.6. The van der Waals surface area contributed by atoms with Gasteiger partial charge in [0.05, 0.1) is 7.11 Å². The van der Waals surface area contributed by atoms with Gasteiger partial charge in [-0.25, -0.2) is 0 Å². The van der Waals surface area contributed by atoms with E-state index in [9.17, 15) is 4.79 Å². The molecule has 0 bridgehead atoms. The van der Waals surface area contributed by atoms with Gasteiger partial charge in [-0.3, -0.25) is 9.69 Å². The first-order valence-corrected chi connectivity index (χ1v) is 9.10. The van der Waals surface area contributed by atoms with Crippen LogP contribution in [0.4, 0.5) is 0 Å². The van der Waals surface area contributed by atoms with Gasteiger partial charge in [-0.1, -0.05) is 35.9 Å². The highest BCUT2D eigenvalue weighted by molar-refractivity contribution is 6.30. The van der Waals surface area contributed by atoms with Crippen LogP contribution >= 0.6 is 11.6 Å². The lowest BCUT2D eigenvalue weighted by molar-refractivity contribution is -0.127. The van der Waals surface area contributed by atoms with E-state index in [1.165, 1.54) is 5.56 Å². The summed E-state index contributed by atoms with van der Waals surface area (Å²) < 4.78 is 5.14. The lowest BCUT2D eigenvalue weighted by Crippen LogP contribution is -2.47. The lowest BCUT2D eigenvalue weighted by Gasteiger charge is -2.34. The van der Waals surface area contributed by atoms with Crippen LogP contribution in [-0.4, -0.2) is 49.0 Å². The first kappa shape index (κ1) is 18.5. The summed E-state index contributed by atoms with van der Waals surface area (Å²) in [5, 5.41) is 0.764. The van der Waals surface area contributed by atoms with E-state index in [1.807, 2.05) is 53.4 Å². The molecule has 0 atom stereocenters. The molecule has 1 aliphatic heterocycles. The molecule has 0 aromatic heterocycles. The fourth-order valence-corrected chi connectivity index (χ4v) is 3.22. The van der Waals surface area contributed by atoms with Crippen LogP contribution in [0.3, 0.4) is 0 Å². The molecule has 1 saturated heterocycles. The lowest BCUT2D eigenvalue weighted by atomic mass is 10.2. The summed E-state index contributed by atoms with van der Waals surface area (Å²) in [5.74, 6) is 0.868. The van der Waals surface area contributed by atoms with Gasteiger partial charge in [-0.2, -0.15) is 0 Å². The fraction of sp³-hybridized carbons (Fsp3) is 0.286. The molecular formula is C21H23ClN2O2. The van der Waals surface area contributed by atoms with Gasteiger partial charge in [-0.05, 0) is 41.5 Å². The number of methoxy groups -OCH3 is 1. The number of hydrogen-bond donors (Lipinski definition) is 0. The Morgan fingerprint density at radius 3 is 2.50 bits per heavy atom. The zero-order valence-electron chi connectivity index (χ0n) is 14.9. The first-order valence-electron chi connectivity index (χ1n) is 8.72. The summed E-state index contributed by atoms with van der Waals surface area (Å²) in [6.07, 6.45) is 3.49. The number of piperazine rings is 1. The van der Waals surface area contributed by atoms with Crippen molar-refractivity contribution >= 4 is 23.6 Å². The van der Waals surface area contributed by atoms with E-state index >= 15 is 0 Å². The summed E-state index contributed by atoms with van der Waals surface area (Å²) in [6.45, 7) is 4.09. The average molecular weight is 371 g/mol. The molecule has 2 aromatic rings. The van der Waals surface area contributed by atoms with Crippen molar-refractivity contribution < 1.29 is 9.53 Å². The Morgan fingerprint density at radius 2 is 1.85 bits per heavy atom. The van der Waals surface area contributed by atoms with Crippen molar-refractivity contribution in [3.63, 3.8) is 0 Å². The molecule has 1 fully saturated rings. The molecule has 1 heterocycles. The minimum atomic E-state index is 0.0585. The number of carbonyl (C=O) groups is 1. The van der Waals surface area contributed by atoms with Crippen LogP contribution in [0.2, 0.25) is 5.02 Å². The molecule has 0 N–H and O–H groups in total. The third-order valence-electron chi connectivity index (χ3n) is 4.51. The zero-order valence-corrected chi connectivity index (χ0v) is 15.7. The van der Waals surface area contributed by atoms with Gasteiger partial charge in [-0.15, -0.1) is 0 Å². The predicted molar refractivity (Wildman–Crippen MR) is 105 cm³/mol. The number of benzene rings is 2. The van der Waals surface area contributed by atoms with Crippen LogP contribution in [-0.2, 0) is 11.3 Å². The molecule has 5 heteroatoms. The Labute approximate surface area is 159 Å². The van der Waals surface area contributed by atoms with Crippen molar-refractivity contribution in [2.24, 2.45) is 0 Å². The molecule has 3 rings (SSSR count). The van der Waals surface area contributed by atoms with Gasteiger partial charge in [0.2, 0.25) is 5.91 Å². The molecule has 2 aromatic carbocycles. The SMILES string of the molecule is COc1ccc(/C=C/C(=O)N2CCN(Cc3cccc(Cl)c3)CC2)cc1. The van der Waals surface area contributed by atoms with E-state index in [0.29, 0.717) is 0 Å². The molecule has 0 spiro atoms. The highest BCUT2D eigenvalue weighted by Crippen LogP contribution is 2.15. The molecule has 4 nitrogen and oxygen atoms in total. The highest BCUT2D eigenvalue weighted by Gasteiger charge is 2.19. The topological polar surface area (TPSA) is 32.8 Å². The molecular weight excluding hydrogens is 348 g/mol. The van der Waals surface area contributed by atoms with Gasteiger partial charge in [0.25, 0.3) is 0 Å². The molecule has 26 heavy (non-hydrogen) atoms. The smallest absolute Gasteiger partial charge is 0.246 e. The Hall–Kier alpha value is -2.30. The minimum Gasteiger partial charge on any atom is -0.497 e. The second kappa shape index (κ2) is 8.88. The van der Waals surface area contributed by atoms with E-state index in [-0.39, 0.29) is 5.91 Å². The third kappa shape index (κ3) is 5.10. The number of halogens is 1. The quantitative estimate of drug-likeness (QED) is 0.752.